The number of pyridine rings is 1. The van der Waals surface area contributed by atoms with Crippen LogP contribution in [0.3, 0.4) is 0 Å². The fourth-order valence-electron chi connectivity index (χ4n) is 3.57. The van der Waals surface area contributed by atoms with Gasteiger partial charge in [-0.05, 0) is 36.8 Å². The largest absolute Gasteiger partial charge is 0.504 e. The molecule has 0 saturated carbocycles. The third-order valence-electron chi connectivity index (χ3n) is 4.95. The minimum atomic E-state index is -3.58. The van der Waals surface area contributed by atoms with E-state index in [2.05, 4.69) is 17.4 Å². The molecule has 0 fully saturated rings. The lowest BCUT2D eigenvalue weighted by Gasteiger charge is -2.28. The van der Waals surface area contributed by atoms with Crippen molar-refractivity contribution in [3.63, 3.8) is 0 Å². The molecule has 0 bridgehead atoms. The van der Waals surface area contributed by atoms with Gasteiger partial charge in [-0.1, -0.05) is 41.0 Å². The molecule has 0 aliphatic rings. The molecule has 2 N–H and O–H groups in total. The molecule has 0 saturated heterocycles. The third kappa shape index (κ3) is 6.14. The zero-order valence-corrected chi connectivity index (χ0v) is 20.5. The summed E-state index contributed by atoms with van der Waals surface area (Å²) in [4.78, 5) is 4.00. The fraction of sp³-hybridized carbons (Fsp3) is 0.522. The number of methoxy groups -OCH3 is 1. The van der Waals surface area contributed by atoms with Crippen molar-refractivity contribution < 1.29 is 23.6 Å². The van der Waals surface area contributed by atoms with Gasteiger partial charge in [-0.3, -0.25) is 10.5 Å². The van der Waals surface area contributed by atoms with Crippen molar-refractivity contribution in [3.8, 4) is 17.2 Å². The van der Waals surface area contributed by atoms with Crippen molar-refractivity contribution in [2.24, 2.45) is 0 Å². The van der Waals surface area contributed by atoms with Gasteiger partial charge in [0, 0.05) is 22.9 Å². The Balaban J connectivity index is 2.57. The monoisotopic (exact) mass is 450 g/mol. The lowest BCUT2D eigenvalue weighted by molar-refractivity contribution is 0.317. The molecule has 31 heavy (non-hydrogen) atoms. The molecule has 1 unspecified atom stereocenters. The molecule has 1 atom stereocenters. The Morgan fingerprint density at radius 3 is 2.35 bits per heavy atom. The first-order valence-corrected chi connectivity index (χ1v) is 12.7. The minimum Gasteiger partial charge on any atom is -0.504 e. The number of rotatable bonds is 11. The summed E-state index contributed by atoms with van der Waals surface area (Å²) < 4.78 is 30.4. The van der Waals surface area contributed by atoms with Crippen molar-refractivity contribution in [2.45, 2.75) is 65.7 Å². The highest BCUT2D eigenvalue weighted by Gasteiger charge is 2.32. The van der Waals surface area contributed by atoms with Crippen LogP contribution in [0.4, 0.5) is 5.69 Å². The summed E-state index contributed by atoms with van der Waals surface area (Å²) in [6, 6.07) is 3.49. The highest BCUT2D eigenvalue weighted by atomic mass is 31.2. The summed E-state index contributed by atoms with van der Waals surface area (Å²) in [6.45, 7) is 11.5. The smallest absolute Gasteiger partial charge is 0.397 e. The molecule has 172 valence electrons. The van der Waals surface area contributed by atoms with E-state index in [0.717, 1.165) is 24.0 Å². The van der Waals surface area contributed by atoms with Gasteiger partial charge in [0.1, 0.15) is 5.75 Å². The van der Waals surface area contributed by atoms with E-state index in [0.29, 0.717) is 29.2 Å². The highest BCUT2D eigenvalue weighted by molar-refractivity contribution is 7.53. The predicted octanol–water partition coefficient (Wildman–Crippen LogP) is 6.63. The summed E-state index contributed by atoms with van der Waals surface area (Å²) in [5.41, 5.74) is 5.51. The number of hydrogen-bond acceptors (Lipinski definition) is 7. The topological polar surface area (TPSA) is 89.9 Å². The van der Waals surface area contributed by atoms with E-state index in [4.69, 9.17) is 13.9 Å². The maximum Gasteiger partial charge on any atom is 0.397 e. The van der Waals surface area contributed by atoms with Crippen LogP contribution in [0.5, 0.6) is 17.2 Å². The number of ether oxygens (including phenoxy) is 1. The molecule has 0 spiro atoms. The zero-order valence-electron chi connectivity index (χ0n) is 19.6. The molecule has 8 heteroatoms. The molecule has 2 aromatic rings. The number of anilines is 1. The molecule has 0 aliphatic heterocycles. The van der Waals surface area contributed by atoms with Crippen molar-refractivity contribution >= 4 is 13.3 Å². The molecule has 2 rings (SSSR count). The Morgan fingerprint density at radius 1 is 1.16 bits per heavy atom. The number of aromatic hydroxyl groups is 1. The second-order valence-electron chi connectivity index (χ2n) is 8.23. The van der Waals surface area contributed by atoms with Gasteiger partial charge in [0.05, 0.1) is 25.7 Å². The standard InChI is InChI=1S/C23H35N2O5P/c1-8-9-12-18-19(15(2)3)22(20(16(4)5)23(28-6)21(18)26)29-31(7,27)30-25-17-11-10-13-24-14-17/h10-11,13-16,25-26H,8-9,12H2,1-7H3. The maximum absolute atomic E-state index is 13.3. The van der Waals surface area contributed by atoms with E-state index in [1.807, 2.05) is 27.7 Å². The normalized spacial score (nSPS) is 13.3. The summed E-state index contributed by atoms with van der Waals surface area (Å²) >= 11 is 0. The van der Waals surface area contributed by atoms with Gasteiger partial charge < -0.3 is 14.4 Å². The van der Waals surface area contributed by atoms with Crippen LogP contribution < -0.4 is 14.7 Å². The summed E-state index contributed by atoms with van der Waals surface area (Å²) in [5, 5.41) is 11.0. The van der Waals surface area contributed by atoms with Gasteiger partial charge in [-0.15, -0.1) is 0 Å². The highest BCUT2D eigenvalue weighted by Crippen LogP contribution is 2.55. The van der Waals surface area contributed by atoms with E-state index < -0.39 is 7.60 Å². The van der Waals surface area contributed by atoms with Gasteiger partial charge >= 0.3 is 7.60 Å². The van der Waals surface area contributed by atoms with Gasteiger partial charge in [0.25, 0.3) is 0 Å². The molecule has 1 aromatic heterocycles. The summed E-state index contributed by atoms with van der Waals surface area (Å²) in [7, 11) is -2.06. The summed E-state index contributed by atoms with van der Waals surface area (Å²) in [5.74, 6) is 0.948. The Bertz CT molecular complexity index is 916. The van der Waals surface area contributed by atoms with Crippen LogP contribution in [0.1, 0.15) is 76.0 Å². The van der Waals surface area contributed by atoms with Crippen molar-refractivity contribution in [1.29, 1.82) is 0 Å². The minimum absolute atomic E-state index is 0.0300. The first kappa shape index (κ1) is 25.0. The lowest BCUT2D eigenvalue weighted by Crippen LogP contribution is -2.11. The second kappa shape index (κ2) is 10.9. The lowest BCUT2D eigenvalue weighted by atomic mass is 9.86. The molecule has 0 amide bonds. The number of unbranched alkanes of at least 4 members (excludes halogenated alkanes) is 1. The van der Waals surface area contributed by atoms with E-state index >= 15 is 0 Å². The quantitative estimate of drug-likeness (QED) is 0.293. The van der Waals surface area contributed by atoms with Crippen molar-refractivity contribution in [2.75, 3.05) is 19.3 Å². The first-order chi connectivity index (χ1) is 14.6. The van der Waals surface area contributed by atoms with Gasteiger partial charge in [0.2, 0.25) is 0 Å². The van der Waals surface area contributed by atoms with E-state index in [-0.39, 0.29) is 17.6 Å². The van der Waals surface area contributed by atoms with Crippen LogP contribution in [-0.4, -0.2) is 23.9 Å². The average molecular weight is 451 g/mol. The molecule has 0 aliphatic carbocycles. The molecular weight excluding hydrogens is 415 g/mol. The average Bonchev–Trinajstić information content (AvgIpc) is 2.71. The first-order valence-electron chi connectivity index (χ1n) is 10.7. The number of benzene rings is 1. The van der Waals surface area contributed by atoms with Crippen LogP contribution >= 0.6 is 7.60 Å². The van der Waals surface area contributed by atoms with Gasteiger partial charge in [0.15, 0.2) is 11.5 Å². The maximum atomic E-state index is 13.3. The number of nitrogens with zero attached hydrogens (tertiary/aromatic N) is 1. The Morgan fingerprint density at radius 2 is 1.84 bits per heavy atom. The Labute approximate surface area is 185 Å². The molecule has 0 radical (unpaired) electrons. The van der Waals surface area contributed by atoms with E-state index in [1.54, 1.807) is 24.5 Å². The van der Waals surface area contributed by atoms with Crippen LogP contribution in [0.15, 0.2) is 24.5 Å². The fourth-order valence-corrected chi connectivity index (χ4v) is 4.40. The molecular formula is C23H35N2O5P. The number of phenolic OH excluding ortho intramolecular Hbond substituents is 1. The number of phenols is 1. The Hall–Kier alpha value is -2.24. The second-order valence-corrected chi connectivity index (χ2v) is 10.1. The van der Waals surface area contributed by atoms with Crippen LogP contribution in [-0.2, 0) is 15.6 Å². The molecule has 1 aromatic carbocycles. The van der Waals surface area contributed by atoms with Crippen LogP contribution in [0.25, 0.3) is 0 Å². The predicted molar refractivity (Wildman–Crippen MR) is 125 cm³/mol. The van der Waals surface area contributed by atoms with E-state index in [9.17, 15) is 9.67 Å². The van der Waals surface area contributed by atoms with E-state index in [1.165, 1.54) is 13.8 Å². The van der Waals surface area contributed by atoms with Crippen molar-refractivity contribution in [3.05, 3.63) is 41.2 Å². The summed E-state index contributed by atoms with van der Waals surface area (Å²) in [6.07, 6.45) is 5.75. The van der Waals surface area contributed by atoms with Gasteiger partial charge in [-0.2, -0.15) is 4.62 Å². The van der Waals surface area contributed by atoms with Crippen LogP contribution in [0, 0.1) is 0 Å². The number of nitrogens with one attached hydrogen (secondary N) is 1. The molecule has 7 nitrogen and oxygen atoms in total. The molecule has 1 heterocycles. The number of hydrogen-bond donors (Lipinski definition) is 2. The van der Waals surface area contributed by atoms with Crippen molar-refractivity contribution in [1.82, 2.24) is 4.98 Å². The number of aromatic nitrogens is 1. The third-order valence-corrected chi connectivity index (χ3v) is 5.88. The van der Waals surface area contributed by atoms with Crippen LogP contribution in [0.2, 0.25) is 0 Å². The zero-order chi connectivity index (χ0) is 23.2. The SMILES string of the molecule is CCCCc1c(O)c(OC)c(C(C)C)c(OP(C)(=O)ONc2cccnc2)c1C(C)C. The Kier molecular flexibility index (Phi) is 8.78. The van der Waals surface area contributed by atoms with Gasteiger partial charge in [-0.25, -0.2) is 4.57 Å².